The lowest BCUT2D eigenvalue weighted by atomic mass is 9.89. The fraction of sp³-hybridized carbons (Fsp3) is 0.348. The lowest BCUT2D eigenvalue weighted by molar-refractivity contribution is -0.140. The Morgan fingerprint density at radius 1 is 1.12 bits per heavy atom. The van der Waals surface area contributed by atoms with Crippen LogP contribution in [0.5, 0.6) is 5.75 Å². The van der Waals surface area contributed by atoms with Crippen LogP contribution in [0.2, 0.25) is 0 Å². The molecule has 0 aliphatic heterocycles. The highest BCUT2D eigenvalue weighted by atomic mass is 32.2. The number of phenols is 1. The predicted octanol–water partition coefficient (Wildman–Crippen LogP) is 0.679. The quantitative estimate of drug-likeness (QED) is 0.232. The molecule has 0 radical (unpaired) electrons. The summed E-state index contributed by atoms with van der Waals surface area (Å²) in [7, 11) is 0. The Morgan fingerprint density at radius 3 is 2.58 bits per heavy atom. The van der Waals surface area contributed by atoms with Gasteiger partial charge in [0.2, 0.25) is 11.8 Å². The Morgan fingerprint density at radius 2 is 1.88 bits per heavy atom. The van der Waals surface area contributed by atoms with Crippen LogP contribution in [0.4, 0.5) is 0 Å². The van der Waals surface area contributed by atoms with Crippen LogP contribution in [0.25, 0.3) is 0 Å². The summed E-state index contributed by atoms with van der Waals surface area (Å²) < 4.78 is 0. The molecule has 0 saturated heterocycles. The summed E-state index contributed by atoms with van der Waals surface area (Å²) in [6.07, 6.45) is 1.24. The van der Waals surface area contributed by atoms with Crippen LogP contribution >= 0.6 is 11.8 Å². The molecule has 3 amide bonds. The van der Waals surface area contributed by atoms with Crippen LogP contribution in [0, 0.1) is 5.92 Å². The van der Waals surface area contributed by atoms with Crippen molar-refractivity contribution in [2.24, 2.45) is 5.92 Å². The Hall–Kier alpha value is -3.08. The molecular formula is C23H27N3O6S. The molecule has 10 heteroatoms. The fourth-order valence-electron chi connectivity index (χ4n) is 4.07. The van der Waals surface area contributed by atoms with Gasteiger partial charge in [-0.15, -0.1) is 0 Å². The van der Waals surface area contributed by atoms with Crippen LogP contribution in [0.1, 0.15) is 22.7 Å². The topological polar surface area (TPSA) is 148 Å². The Balaban J connectivity index is 1.91. The Bertz CT molecular complexity index is 1020. The van der Waals surface area contributed by atoms with E-state index in [4.69, 9.17) is 0 Å². The molecule has 33 heavy (non-hydrogen) atoms. The molecule has 176 valence electrons. The van der Waals surface area contributed by atoms with Crippen molar-refractivity contribution in [2.75, 3.05) is 12.0 Å². The standard InChI is InChI=1S/C23H27N3O6S/c1-33-12-19(29)24-21(23(31)26-32)17(10-13-5-4-7-15(27)9-13)22(30)25-20-16-8-3-2-6-14(16)11-18(20)28/h2-9,17-18,20-21,27-28,32H,10-12H2,1H3,(H,24,29)(H,25,30)(H,26,31). The molecule has 0 bridgehead atoms. The van der Waals surface area contributed by atoms with Crippen LogP contribution < -0.4 is 16.1 Å². The molecule has 0 saturated carbocycles. The lowest BCUT2D eigenvalue weighted by Crippen LogP contribution is -2.56. The Labute approximate surface area is 195 Å². The second kappa shape index (κ2) is 11.2. The number of amides is 3. The molecule has 0 spiro atoms. The van der Waals surface area contributed by atoms with Crippen molar-refractivity contribution in [3.05, 3.63) is 65.2 Å². The third-order valence-corrected chi connectivity index (χ3v) is 6.14. The predicted molar refractivity (Wildman–Crippen MR) is 123 cm³/mol. The second-order valence-electron chi connectivity index (χ2n) is 7.89. The van der Waals surface area contributed by atoms with Gasteiger partial charge in [0, 0.05) is 6.42 Å². The largest absolute Gasteiger partial charge is 0.508 e. The first-order valence-electron chi connectivity index (χ1n) is 10.4. The van der Waals surface area contributed by atoms with E-state index in [1.54, 1.807) is 18.4 Å². The number of hydroxylamine groups is 1. The molecule has 1 aliphatic rings. The number of benzene rings is 2. The van der Waals surface area contributed by atoms with Gasteiger partial charge in [-0.1, -0.05) is 36.4 Å². The molecule has 6 N–H and O–H groups in total. The van der Waals surface area contributed by atoms with Gasteiger partial charge in [0.15, 0.2) is 0 Å². The van der Waals surface area contributed by atoms with Crippen LogP contribution in [-0.2, 0) is 27.2 Å². The second-order valence-corrected chi connectivity index (χ2v) is 8.76. The molecule has 4 atom stereocenters. The smallest absolute Gasteiger partial charge is 0.266 e. The summed E-state index contributed by atoms with van der Waals surface area (Å²) in [6, 6.07) is 11.5. The molecule has 2 aromatic carbocycles. The van der Waals surface area contributed by atoms with Crippen LogP contribution in [0.3, 0.4) is 0 Å². The average molecular weight is 474 g/mol. The van der Waals surface area contributed by atoms with Crippen LogP contribution in [-0.4, -0.2) is 57.3 Å². The minimum Gasteiger partial charge on any atom is -0.508 e. The number of aliphatic hydroxyl groups excluding tert-OH is 1. The van der Waals surface area contributed by atoms with E-state index < -0.39 is 41.8 Å². The summed E-state index contributed by atoms with van der Waals surface area (Å²) in [4.78, 5) is 38.2. The molecule has 2 aromatic rings. The van der Waals surface area contributed by atoms with Gasteiger partial charge in [0.05, 0.1) is 23.8 Å². The lowest BCUT2D eigenvalue weighted by Gasteiger charge is -2.28. The SMILES string of the molecule is CSCC(=O)NC(C(=O)NO)C(Cc1cccc(O)c1)C(=O)NC1c2ccccc2CC1O. The number of aliphatic hydroxyl groups is 1. The van der Waals surface area contributed by atoms with Gasteiger partial charge in [-0.2, -0.15) is 11.8 Å². The fourth-order valence-corrected chi connectivity index (χ4v) is 4.42. The number of phenolic OH excluding ortho intramolecular Hbond substituents is 1. The number of thioether (sulfide) groups is 1. The van der Waals surface area contributed by atoms with Crippen molar-refractivity contribution in [3.8, 4) is 5.75 Å². The van der Waals surface area contributed by atoms with E-state index in [2.05, 4.69) is 10.6 Å². The first-order valence-corrected chi connectivity index (χ1v) is 11.8. The van der Waals surface area contributed by atoms with Gasteiger partial charge >= 0.3 is 0 Å². The van der Waals surface area contributed by atoms with Gasteiger partial charge in [-0.05, 0) is 41.5 Å². The summed E-state index contributed by atoms with van der Waals surface area (Å²) in [6.45, 7) is 0. The van der Waals surface area contributed by atoms with E-state index in [1.807, 2.05) is 24.3 Å². The van der Waals surface area contributed by atoms with Gasteiger partial charge in [-0.25, -0.2) is 5.48 Å². The molecule has 3 rings (SSSR count). The third-order valence-electron chi connectivity index (χ3n) is 5.59. The molecule has 9 nitrogen and oxygen atoms in total. The summed E-state index contributed by atoms with van der Waals surface area (Å²) in [5, 5.41) is 35.0. The van der Waals surface area contributed by atoms with E-state index in [0.717, 1.165) is 11.1 Å². The molecular weight excluding hydrogens is 446 g/mol. The van der Waals surface area contributed by atoms with E-state index >= 15 is 0 Å². The maximum Gasteiger partial charge on any atom is 0.266 e. The summed E-state index contributed by atoms with van der Waals surface area (Å²) in [5.41, 5.74) is 3.77. The zero-order valence-corrected chi connectivity index (χ0v) is 18.8. The number of carbonyl (C=O) groups excluding carboxylic acids is 3. The number of hydrogen-bond donors (Lipinski definition) is 6. The molecule has 4 unspecified atom stereocenters. The van der Waals surface area contributed by atoms with Crippen LogP contribution in [0.15, 0.2) is 48.5 Å². The molecule has 0 heterocycles. The van der Waals surface area contributed by atoms with Crippen molar-refractivity contribution >= 4 is 29.5 Å². The highest BCUT2D eigenvalue weighted by molar-refractivity contribution is 7.99. The number of nitrogens with one attached hydrogen (secondary N) is 3. The maximum atomic E-state index is 13.4. The minimum absolute atomic E-state index is 0.0116. The van der Waals surface area contributed by atoms with Crippen molar-refractivity contribution in [3.63, 3.8) is 0 Å². The van der Waals surface area contributed by atoms with E-state index in [9.17, 15) is 29.8 Å². The van der Waals surface area contributed by atoms with Crippen molar-refractivity contribution in [1.29, 1.82) is 0 Å². The van der Waals surface area contributed by atoms with E-state index in [0.29, 0.717) is 12.0 Å². The van der Waals surface area contributed by atoms with Crippen molar-refractivity contribution in [2.45, 2.75) is 31.0 Å². The first-order chi connectivity index (χ1) is 15.8. The number of carbonyl (C=O) groups is 3. The highest BCUT2D eigenvalue weighted by Gasteiger charge is 2.39. The Kier molecular flexibility index (Phi) is 8.32. The van der Waals surface area contributed by atoms with E-state index in [1.165, 1.54) is 29.4 Å². The van der Waals surface area contributed by atoms with Gasteiger partial charge in [0.1, 0.15) is 11.8 Å². The minimum atomic E-state index is -1.38. The van der Waals surface area contributed by atoms with Crippen molar-refractivity contribution in [1.82, 2.24) is 16.1 Å². The first kappa shape index (κ1) is 24.6. The van der Waals surface area contributed by atoms with Gasteiger partial charge < -0.3 is 20.8 Å². The zero-order valence-electron chi connectivity index (χ0n) is 18.0. The number of aromatic hydroxyl groups is 1. The third kappa shape index (κ3) is 6.04. The molecule has 0 fully saturated rings. The van der Waals surface area contributed by atoms with E-state index in [-0.39, 0.29) is 17.9 Å². The molecule has 0 aromatic heterocycles. The number of fused-ring (bicyclic) bond motifs is 1. The monoisotopic (exact) mass is 473 g/mol. The summed E-state index contributed by atoms with van der Waals surface area (Å²) in [5.74, 6) is -3.10. The van der Waals surface area contributed by atoms with Crippen molar-refractivity contribution < 1.29 is 29.8 Å². The number of hydrogen-bond acceptors (Lipinski definition) is 7. The average Bonchev–Trinajstić information content (AvgIpc) is 3.10. The van der Waals surface area contributed by atoms with Gasteiger partial charge in [-0.3, -0.25) is 19.6 Å². The van der Waals surface area contributed by atoms with Gasteiger partial charge in [0.25, 0.3) is 5.91 Å². The molecule has 1 aliphatic carbocycles. The maximum absolute atomic E-state index is 13.4. The highest BCUT2D eigenvalue weighted by Crippen LogP contribution is 2.32. The zero-order chi connectivity index (χ0) is 24.0. The number of rotatable bonds is 9. The normalized spacial score (nSPS) is 18.6. The summed E-state index contributed by atoms with van der Waals surface area (Å²) >= 11 is 1.24.